The first kappa shape index (κ1) is 13.4. The third kappa shape index (κ3) is 2.54. The lowest BCUT2D eigenvalue weighted by molar-refractivity contribution is -0.140. The van der Waals surface area contributed by atoms with E-state index in [-0.39, 0.29) is 23.7 Å². The number of aryl methyl sites for hydroxylation is 1. The zero-order valence-electron chi connectivity index (χ0n) is 9.87. The van der Waals surface area contributed by atoms with Crippen LogP contribution in [0.25, 0.3) is 11.4 Å². The number of phenolic OH excluding ortho intramolecular Hbond substituents is 1. The van der Waals surface area contributed by atoms with Gasteiger partial charge < -0.3 is 9.67 Å². The fourth-order valence-electron chi connectivity index (χ4n) is 1.69. The molecule has 1 aromatic heterocycles. The van der Waals surface area contributed by atoms with Gasteiger partial charge in [0.05, 0.1) is 5.56 Å². The van der Waals surface area contributed by atoms with Crippen LogP contribution >= 0.6 is 0 Å². The Morgan fingerprint density at radius 1 is 1.32 bits per heavy atom. The number of benzene rings is 1. The fraction of sp³-hybridized carbons (Fsp3) is 0.250. The molecule has 1 heterocycles. The maximum Gasteiger partial charge on any atom is 0.434 e. The Bertz CT molecular complexity index is 604. The molecule has 7 heteroatoms. The highest BCUT2D eigenvalue weighted by atomic mass is 19.4. The van der Waals surface area contributed by atoms with E-state index < -0.39 is 17.7 Å². The number of hydrogen-bond donors (Lipinski definition) is 1. The summed E-state index contributed by atoms with van der Waals surface area (Å²) in [6.07, 6.45) is -3.75. The Morgan fingerprint density at radius 2 is 2.00 bits per heavy atom. The first-order chi connectivity index (χ1) is 8.82. The molecule has 0 radical (unpaired) electrons. The normalized spacial score (nSPS) is 11.8. The molecule has 2 aromatic rings. The first-order valence-electron chi connectivity index (χ1n) is 5.46. The van der Waals surface area contributed by atoms with Crippen molar-refractivity contribution in [2.75, 3.05) is 0 Å². The number of rotatable bonds is 2. The Kier molecular flexibility index (Phi) is 3.21. The SMILES string of the molecule is CCn1cc(C(F)(F)F)nc1-c1ccc(O)cc1F. The van der Waals surface area contributed by atoms with Crippen LogP contribution in [-0.4, -0.2) is 14.7 Å². The van der Waals surface area contributed by atoms with Crippen molar-refractivity contribution < 1.29 is 22.7 Å². The minimum absolute atomic E-state index is 0.0878. The molecule has 19 heavy (non-hydrogen) atoms. The summed E-state index contributed by atoms with van der Waals surface area (Å²) in [6.45, 7) is 1.85. The van der Waals surface area contributed by atoms with Crippen LogP contribution in [0, 0.1) is 5.82 Å². The molecule has 0 unspecified atom stereocenters. The minimum atomic E-state index is -4.58. The maximum absolute atomic E-state index is 13.7. The van der Waals surface area contributed by atoms with Crippen LogP contribution in [-0.2, 0) is 12.7 Å². The number of hydrogen-bond acceptors (Lipinski definition) is 2. The molecular formula is C12H10F4N2O. The van der Waals surface area contributed by atoms with E-state index in [4.69, 9.17) is 5.11 Å². The number of alkyl halides is 3. The van der Waals surface area contributed by atoms with Gasteiger partial charge in [0.2, 0.25) is 0 Å². The lowest BCUT2D eigenvalue weighted by Gasteiger charge is -2.05. The Balaban J connectivity index is 2.58. The lowest BCUT2D eigenvalue weighted by Crippen LogP contribution is -2.05. The van der Waals surface area contributed by atoms with Crippen molar-refractivity contribution in [3.05, 3.63) is 35.9 Å². The van der Waals surface area contributed by atoms with Crippen LogP contribution in [0.15, 0.2) is 24.4 Å². The molecule has 1 aromatic carbocycles. The molecule has 0 fully saturated rings. The maximum atomic E-state index is 13.7. The van der Waals surface area contributed by atoms with E-state index in [1.807, 2.05) is 0 Å². The van der Waals surface area contributed by atoms with Crippen molar-refractivity contribution in [2.24, 2.45) is 0 Å². The standard InChI is InChI=1S/C12H10F4N2O/c1-2-18-6-10(12(14,15)16)17-11(18)8-4-3-7(19)5-9(8)13/h3-6,19H,2H2,1H3. The molecular weight excluding hydrogens is 264 g/mol. The van der Waals surface area contributed by atoms with Crippen molar-refractivity contribution in [3.63, 3.8) is 0 Å². The highest BCUT2D eigenvalue weighted by Crippen LogP contribution is 2.32. The average molecular weight is 274 g/mol. The molecule has 0 bridgehead atoms. The van der Waals surface area contributed by atoms with E-state index >= 15 is 0 Å². The molecule has 0 saturated heterocycles. The van der Waals surface area contributed by atoms with Crippen LogP contribution in [0.5, 0.6) is 5.75 Å². The predicted octanol–water partition coefficient (Wildman–Crippen LogP) is 3.43. The zero-order valence-corrected chi connectivity index (χ0v) is 9.87. The first-order valence-corrected chi connectivity index (χ1v) is 5.46. The third-order valence-corrected chi connectivity index (χ3v) is 2.60. The second-order valence-electron chi connectivity index (χ2n) is 3.90. The van der Waals surface area contributed by atoms with E-state index in [0.717, 1.165) is 12.3 Å². The number of aromatic nitrogens is 2. The summed E-state index contributed by atoms with van der Waals surface area (Å²) in [6, 6.07) is 3.22. The van der Waals surface area contributed by atoms with Crippen molar-refractivity contribution in [1.29, 1.82) is 0 Å². The number of halogens is 4. The predicted molar refractivity (Wildman–Crippen MR) is 60.0 cm³/mol. The second kappa shape index (κ2) is 4.56. The van der Waals surface area contributed by atoms with Gasteiger partial charge in [-0.05, 0) is 19.1 Å². The van der Waals surface area contributed by atoms with Gasteiger partial charge in [0.25, 0.3) is 0 Å². The van der Waals surface area contributed by atoms with Crippen molar-refractivity contribution in [1.82, 2.24) is 9.55 Å². The van der Waals surface area contributed by atoms with Crippen molar-refractivity contribution >= 4 is 0 Å². The lowest BCUT2D eigenvalue weighted by atomic mass is 10.2. The molecule has 0 aliphatic carbocycles. The van der Waals surface area contributed by atoms with Gasteiger partial charge >= 0.3 is 6.18 Å². The van der Waals surface area contributed by atoms with Gasteiger partial charge in [0.15, 0.2) is 5.69 Å². The van der Waals surface area contributed by atoms with Crippen LogP contribution in [0.2, 0.25) is 0 Å². The van der Waals surface area contributed by atoms with Crippen LogP contribution in [0.3, 0.4) is 0 Å². The Labute approximate surface area is 106 Å². The monoisotopic (exact) mass is 274 g/mol. The molecule has 102 valence electrons. The molecule has 3 nitrogen and oxygen atoms in total. The largest absolute Gasteiger partial charge is 0.508 e. The van der Waals surface area contributed by atoms with Gasteiger partial charge in [-0.2, -0.15) is 13.2 Å². The smallest absolute Gasteiger partial charge is 0.434 e. The summed E-state index contributed by atoms with van der Waals surface area (Å²) < 4.78 is 52.6. The van der Waals surface area contributed by atoms with Crippen LogP contribution in [0.1, 0.15) is 12.6 Å². The zero-order chi connectivity index (χ0) is 14.2. The molecule has 0 aliphatic rings. The molecule has 0 saturated carbocycles. The van der Waals surface area contributed by atoms with Crippen LogP contribution in [0.4, 0.5) is 17.6 Å². The number of aromatic hydroxyl groups is 1. The molecule has 1 N–H and O–H groups in total. The summed E-state index contributed by atoms with van der Waals surface area (Å²) >= 11 is 0. The summed E-state index contributed by atoms with van der Waals surface area (Å²) in [5.41, 5.74) is -1.16. The quantitative estimate of drug-likeness (QED) is 0.852. The molecule has 0 aliphatic heterocycles. The summed E-state index contributed by atoms with van der Waals surface area (Å²) in [5, 5.41) is 9.10. The number of nitrogens with zero attached hydrogens (tertiary/aromatic N) is 2. The topological polar surface area (TPSA) is 38.0 Å². The van der Waals surface area contributed by atoms with Gasteiger partial charge in [0, 0.05) is 18.8 Å². The Hall–Kier alpha value is -2.05. The van der Waals surface area contributed by atoms with E-state index in [9.17, 15) is 17.6 Å². The van der Waals surface area contributed by atoms with Crippen molar-refractivity contribution in [2.45, 2.75) is 19.6 Å². The summed E-state index contributed by atoms with van der Waals surface area (Å²) in [4.78, 5) is 3.43. The summed E-state index contributed by atoms with van der Waals surface area (Å²) in [7, 11) is 0. The highest BCUT2D eigenvalue weighted by Gasteiger charge is 2.35. The van der Waals surface area contributed by atoms with E-state index in [0.29, 0.717) is 0 Å². The van der Waals surface area contributed by atoms with E-state index in [1.165, 1.54) is 16.7 Å². The van der Waals surface area contributed by atoms with Gasteiger partial charge in [-0.25, -0.2) is 9.37 Å². The molecule has 0 spiro atoms. The van der Waals surface area contributed by atoms with Crippen LogP contribution < -0.4 is 0 Å². The van der Waals surface area contributed by atoms with Gasteiger partial charge in [-0.1, -0.05) is 0 Å². The van der Waals surface area contributed by atoms with Gasteiger partial charge in [0.1, 0.15) is 17.4 Å². The number of imidazole rings is 1. The Morgan fingerprint density at radius 3 is 2.53 bits per heavy atom. The molecule has 0 amide bonds. The molecule has 0 atom stereocenters. The number of phenols is 1. The third-order valence-electron chi connectivity index (χ3n) is 2.60. The second-order valence-corrected chi connectivity index (χ2v) is 3.90. The highest BCUT2D eigenvalue weighted by molar-refractivity contribution is 5.58. The van der Waals surface area contributed by atoms with E-state index in [1.54, 1.807) is 6.92 Å². The summed E-state index contributed by atoms with van der Waals surface area (Å²) in [5.74, 6) is -1.24. The minimum Gasteiger partial charge on any atom is -0.508 e. The molecule has 2 rings (SSSR count). The van der Waals surface area contributed by atoms with Gasteiger partial charge in [-0.15, -0.1) is 0 Å². The van der Waals surface area contributed by atoms with E-state index in [2.05, 4.69) is 4.98 Å². The average Bonchev–Trinajstić information content (AvgIpc) is 2.72. The van der Waals surface area contributed by atoms with Crippen molar-refractivity contribution in [3.8, 4) is 17.1 Å². The van der Waals surface area contributed by atoms with Gasteiger partial charge in [-0.3, -0.25) is 0 Å². The fourth-order valence-corrected chi connectivity index (χ4v) is 1.69.